The maximum absolute atomic E-state index is 13.0. The summed E-state index contributed by atoms with van der Waals surface area (Å²) in [4.78, 5) is 26.1. The Balaban J connectivity index is 1.62. The third kappa shape index (κ3) is 6.50. The molecule has 0 saturated heterocycles. The summed E-state index contributed by atoms with van der Waals surface area (Å²) in [5, 5.41) is 0. The summed E-state index contributed by atoms with van der Waals surface area (Å²) in [7, 11) is -2.38. The zero-order chi connectivity index (χ0) is 24.0. The number of benzene rings is 2. The molecular formula is C23H23FN2O6S. The van der Waals surface area contributed by atoms with Gasteiger partial charge < -0.3 is 14.1 Å². The minimum absolute atomic E-state index is 0.0323. The molecular weight excluding hydrogens is 451 g/mol. The van der Waals surface area contributed by atoms with Gasteiger partial charge in [-0.25, -0.2) is 22.3 Å². The molecule has 3 rings (SSSR count). The van der Waals surface area contributed by atoms with Gasteiger partial charge in [0.1, 0.15) is 11.6 Å². The van der Waals surface area contributed by atoms with Gasteiger partial charge in [0, 0.05) is 13.6 Å². The first-order valence-corrected chi connectivity index (χ1v) is 11.4. The third-order valence-corrected chi connectivity index (χ3v) is 6.24. The second-order valence-electron chi connectivity index (χ2n) is 7.33. The topological polar surface area (TPSA) is 106 Å². The van der Waals surface area contributed by atoms with Crippen LogP contribution in [0.15, 0.2) is 70.2 Å². The number of furan rings is 1. The minimum Gasteiger partial charge on any atom is -0.468 e. The van der Waals surface area contributed by atoms with Crippen LogP contribution >= 0.6 is 0 Å². The van der Waals surface area contributed by atoms with E-state index in [0.717, 1.165) is 5.56 Å². The van der Waals surface area contributed by atoms with Crippen LogP contribution in [-0.2, 0) is 32.6 Å². The molecule has 3 aromatic rings. The van der Waals surface area contributed by atoms with Crippen LogP contribution in [0, 0.1) is 12.7 Å². The smallest absolute Gasteiger partial charge is 0.338 e. The number of esters is 1. The predicted molar refractivity (Wildman–Crippen MR) is 117 cm³/mol. The standard InChI is InChI=1S/C23H23FN2O6S/c1-16-5-10-20(33(29,30)25-13-19-4-3-11-31-19)12-21(16)23(28)32-15-22(27)26(2)14-17-6-8-18(24)9-7-17/h3-12,25H,13-15H2,1-2H3. The van der Waals surface area contributed by atoms with Gasteiger partial charge in [0.05, 0.1) is 23.3 Å². The molecule has 0 fully saturated rings. The first-order chi connectivity index (χ1) is 15.7. The number of hydrogen-bond acceptors (Lipinski definition) is 6. The van der Waals surface area contributed by atoms with Gasteiger partial charge in [-0.2, -0.15) is 0 Å². The number of sulfonamides is 1. The van der Waals surface area contributed by atoms with Crippen molar-refractivity contribution in [3.05, 3.63) is 89.1 Å². The van der Waals surface area contributed by atoms with Gasteiger partial charge in [-0.15, -0.1) is 0 Å². The van der Waals surface area contributed by atoms with Gasteiger partial charge in [-0.1, -0.05) is 18.2 Å². The van der Waals surface area contributed by atoms with E-state index in [9.17, 15) is 22.4 Å². The zero-order valence-electron chi connectivity index (χ0n) is 18.1. The SMILES string of the molecule is Cc1ccc(S(=O)(=O)NCc2ccco2)cc1C(=O)OCC(=O)N(C)Cc1ccc(F)cc1. The number of ether oxygens (including phenoxy) is 1. The molecule has 0 bridgehead atoms. The molecule has 0 saturated carbocycles. The van der Waals surface area contributed by atoms with Crippen LogP contribution in [0.1, 0.15) is 27.2 Å². The summed E-state index contributed by atoms with van der Waals surface area (Å²) in [5.74, 6) is -1.22. The molecule has 8 nitrogen and oxygen atoms in total. The number of likely N-dealkylation sites (N-methyl/N-ethyl adjacent to an activating group) is 1. The molecule has 0 spiro atoms. The van der Waals surface area contributed by atoms with Crippen LogP contribution in [0.3, 0.4) is 0 Å². The van der Waals surface area contributed by atoms with E-state index in [1.54, 1.807) is 31.2 Å². The number of halogens is 1. The first kappa shape index (κ1) is 24.1. The fourth-order valence-corrected chi connectivity index (χ4v) is 3.94. The maximum atomic E-state index is 13.0. The van der Waals surface area contributed by atoms with Crippen LogP contribution in [0.2, 0.25) is 0 Å². The predicted octanol–water partition coefficient (Wildman–Crippen LogP) is 3.02. The molecule has 0 atom stereocenters. The second-order valence-corrected chi connectivity index (χ2v) is 9.10. The summed E-state index contributed by atoms with van der Waals surface area (Å²) in [5.41, 5.74) is 1.25. The van der Waals surface area contributed by atoms with Gasteiger partial charge in [0.2, 0.25) is 10.0 Å². The van der Waals surface area contributed by atoms with Crippen LogP contribution in [0.5, 0.6) is 0 Å². The maximum Gasteiger partial charge on any atom is 0.338 e. The zero-order valence-corrected chi connectivity index (χ0v) is 18.9. The van der Waals surface area contributed by atoms with Crippen LogP contribution in [-0.4, -0.2) is 38.8 Å². The van der Waals surface area contributed by atoms with Crippen molar-refractivity contribution < 1.29 is 31.6 Å². The molecule has 174 valence electrons. The Morgan fingerprint density at radius 2 is 1.85 bits per heavy atom. The number of nitrogens with one attached hydrogen (secondary N) is 1. The van der Waals surface area contributed by atoms with Crippen molar-refractivity contribution in [2.45, 2.75) is 24.9 Å². The molecule has 2 aromatic carbocycles. The molecule has 1 amide bonds. The number of amides is 1. The highest BCUT2D eigenvalue weighted by molar-refractivity contribution is 7.89. The largest absolute Gasteiger partial charge is 0.468 e. The van der Waals surface area contributed by atoms with E-state index in [0.29, 0.717) is 11.3 Å². The lowest BCUT2D eigenvalue weighted by Crippen LogP contribution is -2.31. The van der Waals surface area contributed by atoms with Crippen molar-refractivity contribution in [2.75, 3.05) is 13.7 Å². The number of carbonyl (C=O) groups is 2. The van der Waals surface area contributed by atoms with Gasteiger partial charge in [-0.05, 0) is 54.4 Å². The van der Waals surface area contributed by atoms with E-state index >= 15 is 0 Å². The lowest BCUT2D eigenvalue weighted by atomic mass is 10.1. The number of carbonyl (C=O) groups excluding carboxylic acids is 2. The van der Waals surface area contributed by atoms with E-state index in [1.165, 1.54) is 48.5 Å². The fourth-order valence-electron chi connectivity index (χ4n) is 2.92. The summed E-state index contributed by atoms with van der Waals surface area (Å²) in [6.07, 6.45) is 1.43. The van der Waals surface area contributed by atoms with E-state index in [1.807, 2.05) is 0 Å². The molecule has 0 radical (unpaired) electrons. The number of aryl methyl sites for hydroxylation is 1. The van der Waals surface area contributed by atoms with Crippen LogP contribution in [0.25, 0.3) is 0 Å². The van der Waals surface area contributed by atoms with Crippen molar-refractivity contribution in [1.29, 1.82) is 0 Å². The highest BCUT2D eigenvalue weighted by atomic mass is 32.2. The normalized spacial score (nSPS) is 11.2. The molecule has 1 heterocycles. The minimum atomic E-state index is -3.91. The average molecular weight is 475 g/mol. The van der Waals surface area contributed by atoms with E-state index in [4.69, 9.17) is 9.15 Å². The fraction of sp³-hybridized carbons (Fsp3) is 0.217. The lowest BCUT2D eigenvalue weighted by molar-refractivity contribution is -0.133. The van der Waals surface area contributed by atoms with Gasteiger partial charge in [0.15, 0.2) is 6.61 Å². The van der Waals surface area contributed by atoms with Crippen molar-refractivity contribution in [2.24, 2.45) is 0 Å². The van der Waals surface area contributed by atoms with Crippen molar-refractivity contribution >= 4 is 21.9 Å². The number of hydrogen-bond donors (Lipinski definition) is 1. The summed E-state index contributed by atoms with van der Waals surface area (Å²) in [6.45, 7) is 1.28. The second kappa shape index (κ2) is 10.4. The third-order valence-electron chi connectivity index (χ3n) is 4.84. The van der Waals surface area contributed by atoms with Gasteiger partial charge in [0.25, 0.3) is 5.91 Å². The van der Waals surface area contributed by atoms with Crippen molar-refractivity contribution in [3.63, 3.8) is 0 Å². The Bertz CT molecular complexity index is 1220. The highest BCUT2D eigenvalue weighted by Gasteiger charge is 2.20. The lowest BCUT2D eigenvalue weighted by Gasteiger charge is -2.17. The molecule has 1 N–H and O–H groups in total. The van der Waals surface area contributed by atoms with Gasteiger partial charge >= 0.3 is 5.97 Å². The Labute approximate surface area is 191 Å². The average Bonchev–Trinajstić information content (AvgIpc) is 3.31. The summed E-state index contributed by atoms with van der Waals surface area (Å²) >= 11 is 0. The molecule has 0 aliphatic rings. The van der Waals surface area contributed by atoms with Gasteiger partial charge in [-0.3, -0.25) is 4.79 Å². The van der Waals surface area contributed by atoms with E-state index < -0.39 is 28.5 Å². The van der Waals surface area contributed by atoms with E-state index in [2.05, 4.69) is 4.72 Å². The Kier molecular flexibility index (Phi) is 7.62. The molecule has 0 aliphatic carbocycles. The van der Waals surface area contributed by atoms with Crippen molar-refractivity contribution in [1.82, 2.24) is 9.62 Å². The quantitative estimate of drug-likeness (QED) is 0.478. The number of nitrogens with zero attached hydrogens (tertiary/aromatic N) is 1. The molecule has 10 heteroatoms. The van der Waals surface area contributed by atoms with E-state index in [-0.39, 0.29) is 29.4 Å². The monoisotopic (exact) mass is 474 g/mol. The van der Waals surface area contributed by atoms with Crippen molar-refractivity contribution in [3.8, 4) is 0 Å². The summed E-state index contributed by atoms with van der Waals surface area (Å²) < 4.78 is 50.8. The molecule has 1 aromatic heterocycles. The van der Waals surface area contributed by atoms with Crippen LogP contribution < -0.4 is 4.72 Å². The first-order valence-electron chi connectivity index (χ1n) is 9.94. The Morgan fingerprint density at radius 3 is 2.52 bits per heavy atom. The Hall–Kier alpha value is -3.50. The van der Waals surface area contributed by atoms with Crippen LogP contribution in [0.4, 0.5) is 4.39 Å². The molecule has 0 aliphatic heterocycles. The molecule has 33 heavy (non-hydrogen) atoms. The highest BCUT2D eigenvalue weighted by Crippen LogP contribution is 2.17. The number of rotatable bonds is 9. The molecule has 0 unspecified atom stereocenters. The summed E-state index contributed by atoms with van der Waals surface area (Å²) in [6, 6.07) is 13.0. The Morgan fingerprint density at radius 1 is 1.12 bits per heavy atom.